The molecule has 0 saturated carbocycles. The van der Waals surface area contributed by atoms with Crippen LogP contribution in [0.3, 0.4) is 0 Å². The number of hydrogen-bond acceptors (Lipinski definition) is 5. The maximum atomic E-state index is 12.8. The van der Waals surface area contributed by atoms with Crippen molar-refractivity contribution in [2.75, 3.05) is 0 Å². The molecule has 2 aromatic heterocycles. The number of hydrogen-bond donors (Lipinski definition) is 1. The van der Waals surface area contributed by atoms with Gasteiger partial charge in [-0.1, -0.05) is 35.5 Å². The second kappa shape index (κ2) is 7.51. The molecular formula is C19H21N5O2. The minimum atomic E-state index is -0.201. The number of aryl methyl sites for hydroxylation is 2. The molecular weight excluding hydrogens is 330 g/mol. The maximum Gasteiger partial charge on any atom is 0.290 e. The summed E-state index contributed by atoms with van der Waals surface area (Å²) in [6, 6.07) is 9.80. The number of amides is 1. The van der Waals surface area contributed by atoms with E-state index < -0.39 is 0 Å². The van der Waals surface area contributed by atoms with Crippen molar-refractivity contribution in [1.29, 1.82) is 0 Å². The van der Waals surface area contributed by atoms with Gasteiger partial charge in [0.2, 0.25) is 5.76 Å². The quantitative estimate of drug-likeness (QED) is 0.738. The van der Waals surface area contributed by atoms with Crippen LogP contribution in [0.1, 0.15) is 52.7 Å². The van der Waals surface area contributed by atoms with Crippen LogP contribution in [0.15, 0.2) is 47.5 Å². The van der Waals surface area contributed by atoms with E-state index in [0.717, 1.165) is 42.5 Å². The van der Waals surface area contributed by atoms with Crippen molar-refractivity contribution in [2.24, 2.45) is 0 Å². The van der Waals surface area contributed by atoms with E-state index in [1.165, 1.54) is 6.33 Å². The third-order valence-electron chi connectivity index (χ3n) is 4.79. The molecule has 1 N–H and O–H groups in total. The van der Waals surface area contributed by atoms with Crippen molar-refractivity contribution in [3.05, 3.63) is 65.6 Å². The Morgan fingerprint density at radius 3 is 2.88 bits per heavy atom. The van der Waals surface area contributed by atoms with Crippen molar-refractivity contribution in [3.8, 4) is 0 Å². The lowest BCUT2D eigenvalue weighted by molar-refractivity contribution is 0.0894. The van der Waals surface area contributed by atoms with Gasteiger partial charge in [0.1, 0.15) is 12.7 Å². The van der Waals surface area contributed by atoms with E-state index in [1.807, 2.05) is 30.3 Å². The smallest absolute Gasteiger partial charge is 0.290 e. The van der Waals surface area contributed by atoms with Gasteiger partial charge in [-0.15, -0.1) is 0 Å². The van der Waals surface area contributed by atoms with Crippen LogP contribution in [0.5, 0.6) is 0 Å². The van der Waals surface area contributed by atoms with Gasteiger partial charge in [-0.05, 0) is 37.7 Å². The van der Waals surface area contributed by atoms with E-state index >= 15 is 0 Å². The zero-order valence-electron chi connectivity index (χ0n) is 14.5. The second-order valence-corrected chi connectivity index (χ2v) is 6.53. The molecule has 1 aromatic carbocycles. The molecule has 4 rings (SSSR count). The first-order chi connectivity index (χ1) is 12.8. The Hall–Kier alpha value is -2.96. The lowest BCUT2D eigenvalue weighted by atomic mass is 9.95. The van der Waals surface area contributed by atoms with Gasteiger partial charge in [-0.3, -0.25) is 9.48 Å². The van der Waals surface area contributed by atoms with Crippen LogP contribution < -0.4 is 5.32 Å². The van der Waals surface area contributed by atoms with E-state index in [4.69, 9.17) is 4.52 Å². The monoisotopic (exact) mass is 351 g/mol. The maximum absolute atomic E-state index is 12.8. The molecule has 1 aliphatic carbocycles. The molecule has 7 nitrogen and oxygen atoms in total. The van der Waals surface area contributed by atoms with Crippen LogP contribution in [0.4, 0.5) is 0 Å². The van der Waals surface area contributed by atoms with Crippen molar-refractivity contribution < 1.29 is 9.32 Å². The lowest BCUT2D eigenvalue weighted by Gasteiger charge is -2.19. The van der Waals surface area contributed by atoms with Gasteiger partial charge in [0.15, 0.2) is 0 Å². The van der Waals surface area contributed by atoms with Gasteiger partial charge < -0.3 is 9.84 Å². The Labute approximate surface area is 151 Å². The molecule has 1 aliphatic rings. The van der Waals surface area contributed by atoms with E-state index in [1.54, 1.807) is 11.0 Å². The van der Waals surface area contributed by atoms with Gasteiger partial charge in [0.05, 0.1) is 11.7 Å². The fraction of sp³-hybridized carbons (Fsp3) is 0.368. The zero-order valence-corrected chi connectivity index (χ0v) is 14.5. The van der Waals surface area contributed by atoms with E-state index in [-0.39, 0.29) is 11.9 Å². The second-order valence-electron chi connectivity index (χ2n) is 6.53. The lowest BCUT2D eigenvalue weighted by Crippen LogP contribution is -2.30. The summed E-state index contributed by atoms with van der Waals surface area (Å²) >= 11 is 0. The molecule has 0 radical (unpaired) electrons. The number of rotatable bonds is 6. The van der Waals surface area contributed by atoms with Crippen molar-refractivity contribution >= 4 is 5.91 Å². The average molecular weight is 351 g/mol. The minimum absolute atomic E-state index is 0.141. The summed E-state index contributed by atoms with van der Waals surface area (Å²) in [7, 11) is 0. The first-order valence-electron chi connectivity index (χ1n) is 8.97. The number of nitrogens with one attached hydrogen (secondary N) is 1. The molecule has 0 spiro atoms. The summed E-state index contributed by atoms with van der Waals surface area (Å²) < 4.78 is 7.14. The highest BCUT2D eigenvalue weighted by molar-refractivity contribution is 5.93. The summed E-state index contributed by atoms with van der Waals surface area (Å²) in [5.74, 6) is 0.162. The molecule has 0 saturated heterocycles. The highest BCUT2D eigenvalue weighted by Crippen LogP contribution is 2.25. The minimum Gasteiger partial charge on any atom is -0.350 e. The predicted octanol–water partition coefficient (Wildman–Crippen LogP) is 2.71. The fourth-order valence-electron chi connectivity index (χ4n) is 3.41. The zero-order chi connectivity index (χ0) is 17.8. The third-order valence-corrected chi connectivity index (χ3v) is 4.79. The standard InChI is InChI=1S/C19H21N5O2/c25-19(18-15-8-4-5-9-17(15)23-26-18)22-16(14-6-2-1-3-7-14)10-11-24-13-20-12-21-24/h1-3,6-7,12-13,16H,4-5,8-11H2,(H,22,25)/t16-/m0/s1. The summed E-state index contributed by atoms with van der Waals surface area (Å²) in [4.78, 5) is 16.8. The first-order valence-corrected chi connectivity index (χ1v) is 8.97. The van der Waals surface area contributed by atoms with E-state index in [9.17, 15) is 4.79 Å². The summed E-state index contributed by atoms with van der Waals surface area (Å²) in [6.45, 7) is 0.661. The largest absolute Gasteiger partial charge is 0.350 e. The molecule has 134 valence electrons. The molecule has 3 aromatic rings. The molecule has 1 amide bonds. The highest BCUT2D eigenvalue weighted by Gasteiger charge is 2.26. The molecule has 0 bridgehead atoms. The van der Waals surface area contributed by atoms with Crippen LogP contribution in [0.2, 0.25) is 0 Å². The number of carbonyl (C=O) groups is 1. The van der Waals surface area contributed by atoms with Crippen LogP contribution >= 0.6 is 0 Å². The van der Waals surface area contributed by atoms with Gasteiger partial charge in [-0.2, -0.15) is 5.10 Å². The molecule has 1 atom stereocenters. The number of carbonyl (C=O) groups excluding carboxylic acids is 1. The normalized spacial score (nSPS) is 14.6. The van der Waals surface area contributed by atoms with Gasteiger partial charge >= 0.3 is 0 Å². The summed E-state index contributed by atoms with van der Waals surface area (Å²) in [5.41, 5.74) is 2.95. The Morgan fingerprint density at radius 1 is 1.23 bits per heavy atom. The SMILES string of the molecule is O=C(N[C@@H](CCn1cncn1)c1ccccc1)c1onc2c1CCCC2. The summed E-state index contributed by atoms with van der Waals surface area (Å²) in [5, 5.41) is 11.3. The van der Waals surface area contributed by atoms with Crippen molar-refractivity contribution in [3.63, 3.8) is 0 Å². The van der Waals surface area contributed by atoms with E-state index in [0.29, 0.717) is 18.7 Å². The molecule has 0 unspecified atom stereocenters. The summed E-state index contributed by atoms with van der Waals surface area (Å²) in [6.07, 6.45) is 7.81. The van der Waals surface area contributed by atoms with Gasteiger partial charge in [0.25, 0.3) is 5.91 Å². The number of nitrogens with zero attached hydrogens (tertiary/aromatic N) is 4. The number of benzene rings is 1. The highest BCUT2D eigenvalue weighted by atomic mass is 16.5. The van der Waals surface area contributed by atoms with Gasteiger partial charge in [-0.25, -0.2) is 4.98 Å². The van der Waals surface area contributed by atoms with Gasteiger partial charge in [0, 0.05) is 12.1 Å². The van der Waals surface area contributed by atoms with E-state index in [2.05, 4.69) is 20.6 Å². The Morgan fingerprint density at radius 2 is 2.08 bits per heavy atom. The van der Waals surface area contributed by atoms with Crippen LogP contribution in [0, 0.1) is 0 Å². The van der Waals surface area contributed by atoms with Crippen molar-refractivity contribution in [2.45, 2.75) is 44.7 Å². The van der Waals surface area contributed by atoms with Crippen LogP contribution in [-0.4, -0.2) is 25.8 Å². The fourth-order valence-corrected chi connectivity index (χ4v) is 3.41. The molecule has 0 aliphatic heterocycles. The third kappa shape index (κ3) is 3.51. The van der Waals surface area contributed by atoms with Crippen LogP contribution in [-0.2, 0) is 19.4 Å². The Balaban J connectivity index is 1.52. The average Bonchev–Trinajstić information content (AvgIpc) is 3.35. The van der Waals surface area contributed by atoms with Crippen molar-refractivity contribution in [1.82, 2.24) is 25.2 Å². The Kier molecular flexibility index (Phi) is 4.77. The number of fused-ring (bicyclic) bond motifs is 1. The van der Waals surface area contributed by atoms with Crippen LogP contribution in [0.25, 0.3) is 0 Å². The first kappa shape index (κ1) is 16.5. The molecule has 7 heteroatoms. The predicted molar refractivity (Wildman–Crippen MR) is 94.4 cm³/mol. The molecule has 26 heavy (non-hydrogen) atoms. The molecule has 0 fully saturated rings. The number of aromatic nitrogens is 4. The molecule has 2 heterocycles. The topological polar surface area (TPSA) is 85.8 Å². The Bertz CT molecular complexity index is 857.